The van der Waals surface area contributed by atoms with Crippen molar-refractivity contribution >= 4 is 11.9 Å². The van der Waals surface area contributed by atoms with Gasteiger partial charge >= 0.3 is 11.9 Å². The predicted molar refractivity (Wildman–Crippen MR) is 200 cm³/mol. The van der Waals surface area contributed by atoms with Crippen LogP contribution in [-0.2, 0) is 19.1 Å². The molecule has 1 unspecified atom stereocenters. The van der Waals surface area contributed by atoms with E-state index in [4.69, 9.17) is 9.47 Å². The van der Waals surface area contributed by atoms with E-state index in [-0.39, 0.29) is 25.6 Å². The Balaban J connectivity index is 3.73. The standard InChI is InChI=1S/C42H68O5/c1-3-5-7-9-11-13-15-17-19-20-21-23-24-26-28-30-32-34-36-41(44)46-39-40(38-43)47-42(45)37-35-33-31-29-27-25-22-18-16-14-12-10-8-6-4-2/h6,8,12-15,18-20,22,27,29,33,35,40,43H,3-5,7,9-11,16-17,21,23-26,28,30-32,34,36-39H2,1-2H3/b8-6-,14-12-,15-13-,20-19-,22-18-,29-27-,35-33-. The summed E-state index contributed by atoms with van der Waals surface area (Å²) >= 11 is 0. The number of carbonyl (C=O) groups is 2. The lowest BCUT2D eigenvalue weighted by Crippen LogP contribution is -2.28. The topological polar surface area (TPSA) is 72.8 Å². The number of esters is 2. The van der Waals surface area contributed by atoms with Crippen molar-refractivity contribution in [3.63, 3.8) is 0 Å². The third kappa shape index (κ3) is 35.8. The van der Waals surface area contributed by atoms with E-state index in [0.29, 0.717) is 6.42 Å². The highest BCUT2D eigenvalue weighted by molar-refractivity contribution is 5.71. The summed E-state index contributed by atoms with van der Waals surface area (Å²) < 4.78 is 10.5. The van der Waals surface area contributed by atoms with Crippen molar-refractivity contribution in [3.8, 4) is 0 Å². The summed E-state index contributed by atoms with van der Waals surface area (Å²) in [6, 6.07) is 0. The van der Waals surface area contributed by atoms with Gasteiger partial charge in [-0.05, 0) is 70.6 Å². The Morgan fingerprint density at radius 1 is 0.532 bits per heavy atom. The average Bonchev–Trinajstić information content (AvgIpc) is 3.07. The van der Waals surface area contributed by atoms with Crippen molar-refractivity contribution in [3.05, 3.63) is 85.1 Å². The lowest BCUT2D eigenvalue weighted by molar-refractivity contribution is -0.160. The van der Waals surface area contributed by atoms with Crippen molar-refractivity contribution in [2.24, 2.45) is 0 Å². The molecule has 0 aliphatic rings. The Hall–Kier alpha value is -2.92. The van der Waals surface area contributed by atoms with Gasteiger partial charge in [0.25, 0.3) is 0 Å². The molecule has 0 aliphatic heterocycles. The maximum atomic E-state index is 12.1. The highest BCUT2D eigenvalue weighted by atomic mass is 16.6. The summed E-state index contributed by atoms with van der Waals surface area (Å²) in [4.78, 5) is 24.1. The van der Waals surface area contributed by atoms with Crippen molar-refractivity contribution in [1.82, 2.24) is 0 Å². The number of aliphatic hydroxyl groups excluding tert-OH is 1. The van der Waals surface area contributed by atoms with E-state index < -0.39 is 12.1 Å². The number of hydrogen-bond donors (Lipinski definition) is 1. The van der Waals surface area contributed by atoms with Crippen LogP contribution in [0.25, 0.3) is 0 Å². The van der Waals surface area contributed by atoms with Crippen LogP contribution < -0.4 is 0 Å². The first-order chi connectivity index (χ1) is 23.1. The lowest BCUT2D eigenvalue weighted by Gasteiger charge is -2.15. The molecule has 0 radical (unpaired) electrons. The van der Waals surface area contributed by atoms with Crippen molar-refractivity contribution in [1.29, 1.82) is 0 Å². The molecule has 0 amide bonds. The van der Waals surface area contributed by atoms with Gasteiger partial charge in [0.2, 0.25) is 0 Å². The van der Waals surface area contributed by atoms with E-state index in [2.05, 4.69) is 86.8 Å². The molecule has 0 aromatic carbocycles. The van der Waals surface area contributed by atoms with Crippen molar-refractivity contribution < 1.29 is 24.2 Å². The summed E-state index contributed by atoms with van der Waals surface area (Å²) in [5.74, 6) is -0.756. The SMILES string of the molecule is CC/C=C\C/C=C\C/C=C\C/C=C\C/C=C\CC(=O)OC(CO)COC(=O)CCCCCCCCC/C=C\C/C=C\CCCCCC. The van der Waals surface area contributed by atoms with Crippen LogP contribution in [0.1, 0.15) is 149 Å². The molecule has 0 aromatic heterocycles. The molecule has 1 atom stereocenters. The van der Waals surface area contributed by atoms with E-state index in [0.717, 1.165) is 64.2 Å². The molecule has 0 rings (SSSR count). The van der Waals surface area contributed by atoms with E-state index in [1.54, 1.807) is 6.08 Å². The monoisotopic (exact) mass is 653 g/mol. The van der Waals surface area contributed by atoms with Crippen LogP contribution in [0.15, 0.2) is 85.1 Å². The summed E-state index contributed by atoms with van der Waals surface area (Å²) in [5.41, 5.74) is 0. The van der Waals surface area contributed by atoms with E-state index >= 15 is 0 Å². The molecule has 0 saturated heterocycles. The fourth-order valence-electron chi connectivity index (χ4n) is 4.66. The maximum absolute atomic E-state index is 12.1. The largest absolute Gasteiger partial charge is 0.462 e. The molecule has 0 fully saturated rings. The lowest BCUT2D eigenvalue weighted by atomic mass is 10.1. The molecule has 5 nitrogen and oxygen atoms in total. The molecule has 0 spiro atoms. The minimum atomic E-state index is -0.833. The predicted octanol–water partition coefficient (Wildman–Crippen LogP) is 11.6. The molecule has 0 saturated carbocycles. The molecule has 0 heterocycles. The van der Waals surface area contributed by atoms with Crippen molar-refractivity contribution in [2.45, 2.75) is 155 Å². The van der Waals surface area contributed by atoms with E-state index in [1.807, 2.05) is 6.08 Å². The second-order valence-corrected chi connectivity index (χ2v) is 11.9. The molecule has 47 heavy (non-hydrogen) atoms. The van der Waals surface area contributed by atoms with Gasteiger partial charge in [-0.3, -0.25) is 9.59 Å². The van der Waals surface area contributed by atoms with Gasteiger partial charge in [-0.25, -0.2) is 0 Å². The van der Waals surface area contributed by atoms with Gasteiger partial charge in [0.1, 0.15) is 6.61 Å². The second-order valence-electron chi connectivity index (χ2n) is 11.9. The summed E-state index contributed by atoms with van der Waals surface area (Å²) in [5, 5.41) is 9.52. The van der Waals surface area contributed by atoms with Crippen LogP contribution in [0.3, 0.4) is 0 Å². The van der Waals surface area contributed by atoms with Gasteiger partial charge < -0.3 is 14.6 Å². The van der Waals surface area contributed by atoms with Gasteiger partial charge in [0.05, 0.1) is 13.0 Å². The van der Waals surface area contributed by atoms with Crippen LogP contribution in [0.2, 0.25) is 0 Å². The second kappa shape index (κ2) is 37.5. The summed E-state index contributed by atoms with van der Waals surface area (Å²) in [7, 11) is 0. The highest BCUT2D eigenvalue weighted by Gasteiger charge is 2.15. The molecule has 1 N–H and O–H groups in total. The van der Waals surface area contributed by atoms with Gasteiger partial charge in [-0.2, -0.15) is 0 Å². The van der Waals surface area contributed by atoms with Gasteiger partial charge in [-0.1, -0.05) is 150 Å². The van der Waals surface area contributed by atoms with Crippen molar-refractivity contribution in [2.75, 3.05) is 13.2 Å². The van der Waals surface area contributed by atoms with Crippen LogP contribution in [0.5, 0.6) is 0 Å². The zero-order chi connectivity index (χ0) is 34.3. The number of allylic oxidation sites excluding steroid dienone is 13. The highest BCUT2D eigenvalue weighted by Crippen LogP contribution is 2.11. The number of unbranched alkanes of at least 4 members (excludes halogenated alkanes) is 11. The maximum Gasteiger partial charge on any atom is 0.310 e. The molecule has 0 aromatic rings. The summed E-state index contributed by atoms with van der Waals surface area (Å²) in [6.45, 7) is 3.89. The number of hydrogen-bond acceptors (Lipinski definition) is 5. The van der Waals surface area contributed by atoms with E-state index in [1.165, 1.54) is 57.8 Å². The smallest absolute Gasteiger partial charge is 0.310 e. The summed E-state index contributed by atoms with van der Waals surface area (Å²) in [6.07, 6.45) is 50.9. The third-order valence-electron chi connectivity index (χ3n) is 7.46. The van der Waals surface area contributed by atoms with Crippen LogP contribution in [0, 0.1) is 0 Å². The normalized spacial score (nSPS) is 13.2. The first kappa shape index (κ1) is 44.1. The number of carbonyl (C=O) groups excluding carboxylic acids is 2. The number of ether oxygens (including phenoxy) is 2. The molecular formula is C42H68O5. The zero-order valence-corrected chi connectivity index (χ0v) is 30.0. The average molecular weight is 653 g/mol. The number of aliphatic hydroxyl groups is 1. The molecule has 5 heteroatoms. The molecule has 266 valence electrons. The third-order valence-corrected chi connectivity index (χ3v) is 7.46. The van der Waals surface area contributed by atoms with Gasteiger partial charge in [0.15, 0.2) is 6.10 Å². The first-order valence-corrected chi connectivity index (χ1v) is 18.6. The zero-order valence-electron chi connectivity index (χ0n) is 30.0. The van der Waals surface area contributed by atoms with Crippen LogP contribution in [-0.4, -0.2) is 36.4 Å². The molecule has 0 bridgehead atoms. The Kier molecular flexibility index (Phi) is 35.2. The van der Waals surface area contributed by atoms with E-state index in [9.17, 15) is 14.7 Å². The van der Waals surface area contributed by atoms with Crippen LogP contribution >= 0.6 is 0 Å². The molecular weight excluding hydrogens is 584 g/mol. The minimum absolute atomic E-state index is 0.115. The van der Waals surface area contributed by atoms with Gasteiger partial charge in [0, 0.05) is 6.42 Å². The van der Waals surface area contributed by atoms with Gasteiger partial charge in [-0.15, -0.1) is 0 Å². The Bertz CT molecular complexity index is 921. The Labute approximate surface area is 288 Å². The quantitative estimate of drug-likeness (QED) is 0.0445. The Morgan fingerprint density at radius 3 is 1.49 bits per heavy atom. The fourth-order valence-corrected chi connectivity index (χ4v) is 4.66. The first-order valence-electron chi connectivity index (χ1n) is 18.6. The Morgan fingerprint density at radius 2 is 0.979 bits per heavy atom. The van der Waals surface area contributed by atoms with Crippen LogP contribution in [0.4, 0.5) is 0 Å². The minimum Gasteiger partial charge on any atom is -0.462 e. The fraction of sp³-hybridized carbons (Fsp3) is 0.619. The number of rotatable bonds is 32. The molecule has 0 aliphatic carbocycles.